The molecule has 0 aromatic rings. The summed E-state index contributed by atoms with van der Waals surface area (Å²) in [5, 5.41) is 3.14. The van der Waals surface area contributed by atoms with E-state index in [9.17, 15) is 4.79 Å². The summed E-state index contributed by atoms with van der Waals surface area (Å²) < 4.78 is 0. The van der Waals surface area contributed by atoms with E-state index in [4.69, 9.17) is 0 Å². The van der Waals surface area contributed by atoms with E-state index >= 15 is 0 Å². The number of carbonyl (C=O) groups is 1. The summed E-state index contributed by atoms with van der Waals surface area (Å²) in [6.07, 6.45) is 0.626. The maximum absolute atomic E-state index is 11.0. The van der Waals surface area contributed by atoms with Crippen LogP contribution in [0.1, 0.15) is 34.1 Å². The quantitative estimate of drug-likeness (QED) is 0.643. The standard InChI is InChI=1S/C8H17NO/c1-5-8(10)7(4)9-6(2)3/h6-7,9H,5H2,1-4H3/t7-/m0/s1. The molecule has 0 aliphatic heterocycles. The van der Waals surface area contributed by atoms with Crippen molar-refractivity contribution in [2.75, 3.05) is 0 Å². The van der Waals surface area contributed by atoms with Crippen molar-refractivity contribution in [3.8, 4) is 0 Å². The molecule has 2 heteroatoms. The Morgan fingerprint density at radius 3 is 2.20 bits per heavy atom. The normalized spacial score (nSPS) is 13.7. The van der Waals surface area contributed by atoms with E-state index in [1.165, 1.54) is 0 Å². The van der Waals surface area contributed by atoms with Gasteiger partial charge in [0.15, 0.2) is 0 Å². The monoisotopic (exact) mass is 143 g/mol. The van der Waals surface area contributed by atoms with Gasteiger partial charge in [-0.15, -0.1) is 0 Å². The number of hydrogen-bond acceptors (Lipinski definition) is 2. The van der Waals surface area contributed by atoms with Crippen LogP contribution in [0.25, 0.3) is 0 Å². The third-order valence-electron chi connectivity index (χ3n) is 1.41. The highest BCUT2D eigenvalue weighted by atomic mass is 16.1. The lowest BCUT2D eigenvalue weighted by Crippen LogP contribution is -2.38. The molecule has 0 saturated heterocycles. The Morgan fingerprint density at radius 1 is 1.40 bits per heavy atom. The topological polar surface area (TPSA) is 29.1 Å². The molecule has 10 heavy (non-hydrogen) atoms. The summed E-state index contributed by atoms with van der Waals surface area (Å²) >= 11 is 0. The van der Waals surface area contributed by atoms with E-state index in [-0.39, 0.29) is 11.8 Å². The zero-order chi connectivity index (χ0) is 8.15. The third kappa shape index (κ3) is 3.62. The summed E-state index contributed by atoms with van der Waals surface area (Å²) in [6.45, 7) is 7.88. The second-order valence-corrected chi connectivity index (χ2v) is 2.86. The van der Waals surface area contributed by atoms with Crippen molar-refractivity contribution in [2.24, 2.45) is 0 Å². The average molecular weight is 143 g/mol. The van der Waals surface area contributed by atoms with Crippen LogP contribution in [0.4, 0.5) is 0 Å². The van der Waals surface area contributed by atoms with E-state index in [0.717, 1.165) is 0 Å². The number of ketones is 1. The Bertz CT molecular complexity index is 110. The lowest BCUT2D eigenvalue weighted by atomic mass is 10.1. The maximum atomic E-state index is 11.0. The minimum atomic E-state index is 0.0185. The van der Waals surface area contributed by atoms with Gasteiger partial charge in [0.1, 0.15) is 5.78 Å². The molecule has 0 radical (unpaired) electrons. The Kier molecular flexibility index (Phi) is 4.28. The fourth-order valence-electron chi connectivity index (χ4n) is 0.899. The van der Waals surface area contributed by atoms with Crippen molar-refractivity contribution < 1.29 is 4.79 Å². The number of hydrogen-bond donors (Lipinski definition) is 1. The molecule has 0 spiro atoms. The Labute approximate surface area is 63.0 Å². The van der Waals surface area contributed by atoms with Gasteiger partial charge in [0, 0.05) is 12.5 Å². The van der Waals surface area contributed by atoms with Gasteiger partial charge in [-0.05, 0) is 6.92 Å². The van der Waals surface area contributed by atoms with E-state index in [1.807, 2.05) is 27.7 Å². The molecule has 0 aromatic carbocycles. The van der Waals surface area contributed by atoms with Crippen molar-refractivity contribution in [2.45, 2.75) is 46.2 Å². The summed E-state index contributed by atoms with van der Waals surface area (Å²) in [7, 11) is 0. The first-order chi connectivity index (χ1) is 4.57. The van der Waals surface area contributed by atoms with Crippen LogP contribution in [-0.4, -0.2) is 17.9 Å². The van der Waals surface area contributed by atoms with Crippen LogP contribution in [0.2, 0.25) is 0 Å². The largest absolute Gasteiger partial charge is 0.305 e. The number of Topliss-reactive ketones (excluding diaryl/α,β-unsaturated/α-hetero) is 1. The molecule has 2 nitrogen and oxygen atoms in total. The van der Waals surface area contributed by atoms with Crippen LogP contribution in [0, 0.1) is 0 Å². The van der Waals surface area contributed by atoms with Gasteiger partial charge in [-0.25, -0.2) is 0 Å². The number of carbonyl (C=O) groups excluding carboxylic acids is 1. The predicted molar refractivity (Wildman–Crippen MR) is 43.0 cm³/mol. The van der Waals surface area contributed by atoms with Gasteiger partial charge >= 0.3 is 0 Å². The first-order valence-corrected chi connectivity index (χ1v) is 3.86. The van der Waals surface area contributed by atoms with Gasteiger partial charge in [-0.3, -0.25) is 4.79 Å². The highest BCUT2D eigenvalue weighted by Gasteiger charge is 2.09. The molecule has 0 saturated carbocycles. The molecule has 1 atom stereocenters. The molecule has 0 aliphatic carbocycles. The van der Waals surface area contributed by atoms with E-state index in [2.05, 4.69) is 5.32 Å². The Balaban J connectivity index is 3.61. The second-order valence-electron chi connectivity index (χ2n) is 2.86. The fraction of sp³-hybridized carbons (Fsp3) is 0.875. The van der Waals surface area contributed by atoms with Crippen molar-refractivity contribution in [1.29, 1.82) is 0 Å². The maximum Gasteiger partial charge on any atom is 0.149 e. The Morgan fingerprint density at radius 2 is 1.90 bits per heavy atom. The number of nitrogens with one attached hydrogen (secondary N) is 1. The summed E-state index contributed by atoms with van der Waals surface area (Å²) in [5.74, 6) is 0.286. The molecule has 0 aromatic heterocycles. The summed E-state index contributed by atoms with van der Waals surface area (Å²) in [5.41, 5.74) is 0. The minimum absolute atomic E-state index is 0.0185. The minimum Gasteiger partial charge on any atom is -0.305 e. The summed E-state index contributed by atoms with van der Waals surface area (Å²) in [4.78, 5) is 11.0. The van der Waals surface area contributed by atoms with Crippen LogP contribution < -0.4 is 5.32 Å². The molecule has 1 N–H and O–H groups in total. The number of rotatable bonds is 4. The lowest BCUT2D eigenvalue weighted by molar-refractivity contribution is -0.120. The zero-order valence-corrected chi connectivity index (χ0v) is 7.27. The smallest absolute Gasteiger partial charge is 0.149 e. The van der Waals surface area contributed by atoms with Crippen molar-refractivity contribution in [3.05, 3.63) is 0 Å². The highest BCUT2D eigenvalue weighted by Crippen LogP contribution is 1.91. The van der Waals surface area contributed by atoms with Gasteiger partial charge in [-0.2, -0.15) is 0 Å². The first kappa shape index (κ1) is 9.63. The molecule has 0 aliphatic rings. The lowest BCUT2D eigenvalue weighted by Gasteiger charge is -2.14. The molecular weight excluding hydrogens is 126 g/mol. The molecule has 60 valence electrons. The third-order valence-corrected chi connectivity index (χ3v) is 1.41. The van der Waals surface area contributed by atoms with Gasteiger partial charge in [0.2, 0.25) is 0 Å². The van der Waals surface area contributed by atoms with Gasteiger partial charge < -0.3 is 5.32 Å². The van der Waals surface area contributed by atoms with Gasteiger partial charge in [-0.1, -0.05) is 20.8 Å². The van der Waals surface area contributed by atoms with E-state index in [1.54, 1.807) is 0 Å². The molecule has 0 bridgehead atoms. The molecule has 0 unspecified atom stereocenters. The van der Waals surface area contributed by atoms with Crippen molar-refractivity contribution in [3.63, 3.8) is 0 Å². The zero-order valence-electron chi connectivity index (χ0n) is 7.27. The van der Waals surface area contributed by atoms with Crippen molar-refractivity contribution in [1.82, 2.24) is 5.32 Å². The second kappa shape index (κ2) is 4.45. The van der Waals surface area contributed by atoms with Crippen LogP contribution in [-0.2, 0) is 4.79 Å². The molecule has 0 amide bonds. The summed E-state index contributed by atoms with van der Waals surface area (Å²) in [6, 6.07) is 0.412. The van der Waals surface area contributed by atoms with E-state index < -0.39 is 0 Å². The SMILES string of the molecule is CCC(=O)[C@H](C)NC(C)C. The fourth-order valence-corrected chi connectivity index (χ4v) is 0.899. The van der Waals surface area contributed by atoms with Gasteiger partial charge in [0.05, 0.1) is 6.04 Å². The molecular formula is C8H17NO. The van der Waals surface area contributed by atoms with E-state index in [0.29, 0.717) is 12.5 Å². The Hall–Kier alpha value is -0.370. The van der Waals surface area contributed by atoms with Crippen molar-refractivity contribution >= 4 is 5.78 Å². The first-order valence-electron chi connectivity index (χ1n) is 3.86. The predicted octanol–water partition coefficient (Wildman–Crippen LogP) is 1.35. The van der Waals surface area contributed by atoms with Crippen LogP contribution in [0.3, 0.4) is 0 Å². The van der Waals surface area contributed by atoms with Crippen LogP contribution in [0.15, 0.2) is 0 Å². The van der Waals surface area contributed by atoms with Crippen LogP contribution >= 0.6 is 0 Å². The van der Waals surface area contributed by atoms with Gasteiger partial charge in [0.25, 0.3) is 0 Å². The van der Waals surface area contributed by atoms with Crippen LogP contribution in [0.5, 0.6) is 0 Å². The molecule has 0 fully saturated rings. The molecule has 0 rings (SSSR count). The highest BCUT2D eigenvalue weighted by molar-refractivity contribution is 5.83. The average Bonchev–Trinajstić information content (AvgIpc) is 1.85. The molecule has 0 heterocycles.